The predicted molar refractivity (Wildman–Crippen MR) is 374 cm³/mol. The Labute approximate surface area is 603 Å². The van der Waals surface area contributed by atoms with Crippen molar-refractivity contribution in [1.29, 1.82) is 0 Å². The van der Waals surface area contributed by atoms with Gasteiger partial charge >= 0.3 is 6.18 Å². The first-order valence-corrected chi connectivity index (χ1v) is 37.0. The van der Waals surface area contributed by atoms with Gasteiger partial charge in [0.2, 0.25) is 70.9 Å². The molecular formula is C72H111ClF3N13O13. The second-order valence-corrected chi connectivity index (χ2v) is 30.3. The molecule has 4 heterocycles. The highest BCUT2D eigenvalue weighted by Crippen LogP contribution is 2.37. The van der Waals surface area contributed by atoms with E-state index in [1.807, 2.05) is 27.7 Å². The first-order chi connectivity index (χ1) is 48.1. The molecule has 2 saturated carbocycles. The smallest absolute Gasteiger partial charge is 0.378 e. The number of benzene rings is 1. The number of aryl methyl sites for hydroxylation is 1. The van der Waals surface area contributed by atoms with Gasteiger partial charge in [0.15, 0.2) is 0 Å². The van der Waals surface area contributed by atoms with E-state index in [2.05, 4.69) is 26.2 Å². The number of halogens is 4. The summed E-state index contributed by atoms with van der Waals surface area (Å²) in [6.07, 6.45) is 1.44. The number of amides is 12. The molecule has 0 aromatic heterocycles. The molecule has 4 N–H and O–H groups in total. The molecule has 7 rings (SSSR count). The third-order valence-electron chi connectivity index (χ3n) is 22.1. The lowest BCUT2D eigenvalue weighted by atomic mass is 9.84. The minimum absolute atomic E-state index is 0.0141. The van der Waals surface area contributed by atoms with Crippen molar-refractivity contribution in [2.24, 2.45) is 23.7 Å². The molecule has 4 aliphatic heterocycles. The Balaban J connectivity index is 1.27. The topological polar surface area (TPSA) is 291 Å². The molecule has 6 aliphatic rings. The van der Waals surface area contributed by atoms with Crippen LogP contribution in [0.1, 0.15) is 162 Å². The number of nitrogens with zero attached hydrogens (tertiary/aromatic N) is 9. The number of carbonyl (C=O) groups is 12. The molecule has 0 radical (unpaired) electrons. The molecule has 1 aromatic carbocycles. The molecule has 9 atom stereocenters. The molecule has 102 heavy (non-hydrogen) atoms. The largest absolute Gasteiger partial charge is 0.417 e. The van der Waals surface area contributed by atoms with Crippen molar-refractivity contribution in [1.82, 2.24) is 65.4 Å². The third-order valence-corrected chi connectivity index (χ3v) is 22.4. The van der Waals surface area contributed by atoms with Crippen LogP contribution < -0.4 is 21.3 Å². The van der Waals surface area contributed by atoms with Crippen LogP contribution in [-0.2, 0) is 74.9 Å². The van der Waals surface area contributed by atoms with Crippen LogP contribution in [0.2, 0.25) is 5.02 Å². The van der Waals surface area contributed by atoms with Crippen LogP contribution >= 0.6 is 11.6 Å². The number of nitrogens with one attached hydrogen (secondary N) is 4. The number of piperazine rings is 1. The average molecular weight is 1460 g/mol. The summed E-state index contributed by atoms with van der Waals surface area (Å²) in [5.41, 5.74) is -2.38. The molecule has 570 valence electrons. The zero-order valence-corrected chi connectivity index (χ0v) is 62.6. The maximum absolute atomic E-state index is 15.5. The third kappa shape index (κ3) is 20.6. The van der Waals surface area contributed by atoms with Crippen molar-refractivity contribution in [2.75, 3.05) is 108 Å². The minimum atomic E-state index is -4.76. The summed E-state index contributed by atoms with van der Waals surface area (Å²) in [7, 11) is 8.43. The summed E-state index contributed by atoms with van der Waals surface area (Å²) in [5.74, 6) is -9.38. The van der Waals surface area contributed by atoms with Crippen LogP contribution in [0.25, 0.3) is 0 Å². The Kier molecular flexibility index (Phi) is 29.4. The summed E-state index contributed by atoms with van der Waals surface area (Å²) in [6, 6.07) is -5.66. The van der Waals surface area contributed by atoms with Gasteiger partial charge in [0.05, 0.1) is 55.9 Å². The Morgan fingerprint density at radius 2 is 1.26 bits per heavy atom. The van der Waals surface area contributed by atoms with Crippen molar-refractivity contribution >= 4 is 82.5 Å². The lowest BCUT2D eigenvalue weighted by molar-refractivity contribution is -0.151. The molecule has 6 fully saturated rings. The van der Waals surface area contributed by atoms with Crippen molar-refractivity contribution < 1.29 is 75.4 Å². The summed E-state index contributed by atoms with van der Waals surface area (Å²) in [6.45, 7) is 11.8. The number of fused-ring (bicyclic) bond motifs is 1. The summed E-state index contributed by atoms with van der Waals surface area (Å²) in [5, 5.41) is 11.0. The second-order valence-electron chi connectivity index (χ2n) is 29.9. The van der Waals surface area contributed by atoms with Crippen molar-refractivity contribution in [3.05, 3.63) is 34.3 Å². The van der Waals surface area contributed by atoms with Crippen LogP contribution in [0.3, 0.4) is 0 Å². The summed E-state index contributed by atoms with van der Waals surface area (Å²) >= 11 is 6.15. The van der Waals surface area contributed by atoms with Crippen molar-refractivity contribution in [2.45, 2.75) is 217 Å². The fraction of sp³-hybridized carbons (Fsp3) is 0.750. The van der Waals surface area contributed by atoms with Crippen LogP contribution in [-0.4, -0.2) is 277 Å². The number of hydrogen-bond donors (Lipinski definition) is 4. The highest BCUT2D eigenvalue weighted by Gasteiger charge is 2.50. The van der Waals surface area contributed by atoms with Gasteiger partial charge in [-0.1, -0.05) is 117 Å². The molecule has 26 nitrogen and oxygen atoms in total. The van der Waals surface area contributed by atoms with E-state index in [0.29, 0.717) is 64.0 Å². The van der Waals surface area contributed by atoms with Gasteiger partial charge < -0.3 is 65.2 Å². The van der Waals surface area contributed by atoms with E-state index in [1.54, 1.807) is 18.7 Å². The van der Waals surface area contributed by atoms with E-state index in [-0.39, 0.29) is 82.5 Å². The van der Waals surface area contributed by atoms with E-state index in [4.69, 9.17) is 16.3 Å². The van der Waals surface area contributed by atoms with Crippen molar-refractivity contribution in [3.8, 4) is 0 Å². The number of carbonyl (C=O) groups excluding carboxylic acids is 12. The Morgan fingerprint density at radius 3 is 1.85 bits per heavy atom. The molecule has 1 unspecified atom stereocenters. The maximum atomic E-state index is 15.5. The van der Waals surface area contributed by atoms with Gasteiger partial charge in [-0.05, 0) is 92.7 Å². The molecule has 1 aromatic rings. The van der Waals surface area contributed by atoms with Gasteiger partial charge in [-0.3, -0.25) is 62.4 Å². The molecule has 1 spiro atoms. The number of alkyl halides is 3. The Morgan fingerprint density at radius 1 is 0.647 bits per heavy atom. The molecule has 30 heteroatoms. The van der Waals surface area contributed by atoms with Crippen LogP contribution in [0.5, 0.6) is 0 Å². The zero-order valence-electron chi connectivity index (χ0n) is 61.8. The normalized spacial score (nSPS) is 26.8. The number of hydrogen-bond acceptors (Lipinski definition) is 14. The van der Waals surface area contributed by atoms with E-state index >= 15 is 28.8 Å². The SMILES string of the molecule is CC[C@H](C)C1NC(=O)[C@H](CC(C)C)N(C)C(=O)C[C@@H](C(=O)N2CCN(C3COC3)CC2)NC(=O)[C@H]([C@@H](C)CC)N(C)C(=O)C2(CCCC2)NC(=O)[C@@H]2CCCN2C(=O)[C@H](CCc2ccc(C(F)(F)F)c(Cl)c2)NC(=O)CN(C)C(=O)[C@H](CC2CCCCC2)N(C)C(=O)CN(C)C(=O)CN(C)C1=O. The van der Waals surface area contributed by atoms with Crippen LogP contribution in [0, 0.1) is 23.7 Å². The number of likely N-dealkylation sites (N-methyl/N-ethyl adjacent to an activating group) is 6. The summed E-state index contributed by atoms with van der Waals surface area (Å²) in [4.78, 5) is 191. The number of rotatable bonds is 13. The highest BCUT2D eigenvalue weighted by atomic mass is 35.5. The minimum Gasteiger partial charge on any atom is -0.378 e. The van der Waals surface area contributed by atoms with Gasteiger partial charge in [0, 0.05) is 75.0 Å². The Bertz CT molecular complexity index is 3180. The van der Waals surface area contributed by atoms with Gasteiger partial charge in [-0.15, -0.1) is 0 Å². The van der Waals surface area contributed by atoms with Gasteiger partial charge in [-0.25, -0.2) is 0 Å². The van der Waals surface area contributed by atoms with Crippen LogP contribution in [0.4, 0.5) is 13.2 Å². The number of ether oxygens (including phenoxy) is 1. The monoisotopic (exact) mass is 1460 g/mol. The summed E-state index contributed by atoms with van der Waals surface area (Å²) < 4.78 is 47.0. The molecule has 4 saturated heterocycles. The first kappa shape index (κ1) is 82.1. The lowest BCUT2D eigenvalue weighted by Gasteiger charge is -2.43. The van der Waals surface area contributed by atoms with E-state index in [1.165, 1.54) is 68.0 Å². The first-order valence-electron chi connectivity index (χ1n) is 36.6. The molecule has 12 amide bonds. The van der Waals surface area contributed by atoms with E-state index in [9.17, 15) is 41.9 Å². The zero-order chi connectivity index (χ0) is 75.2. The van der Waals surface area contributed by atoms with Gasteiger partial charge in [0.1, 0.15) is 47.8 Å². The fourth-order valence-electron chi connectivity index (χ4n) is 15.1. The lowest BCUT2D eigenvalue weighted by Crippen LogP contribution is -2.65. The predicted octanol–water partition coefficient (Wildman–Crippen LogP) is 4.08. The fourth-order valence-corrected chi connectivity index (χ4v) is 15.4. The van der Waals surface area contributed by atoms with E-state index in [0.717, 1.165) is 58.9 Å². The highest BCUT2D eigenvalue weighted by molar-refractivity contribution is 6.31. The van der Waals surface area contributed by atoms with Gasteiger partial charge in [-0.2, -0.15) is 13.2 Å². The molecule has 2 aliphatic carbocycles. The quantitative estimate of drug-likeness (QED) is 0.217. The average Bonchev–Trinajstić information content (AvgIpc) is 1.61. The van der Waals surface area contributed by atoms with E-state index < -0.39 is 173 Å². The van der Waals surface area contributed by atoms with Crippen molar-refractivity contribution in [3.63, 3.8) is 0 Å². The van der Waals surface area contributed by atoms with Gasteiger partial charge in [0.25, 0.3) is 0 Å². The molecular weight excluding hydrogens is 1350 g/mol. The maximum Gasteiger partial charge on any atom is 0.417 e. The second kappa shape index (κ2) is 36.5. The van der Waals surface area contributed by atoms with Crippen LogP contribution in [0.15, 0.2) is 18.2 Å². The molecule has 0 bridgehead atoms. The Hall–Kier alpha value is -7.14. The standard InChI is InChI=1S/C72H111ClF3N13O13/c1-13-45(5)61-69(100)83(9)40-59(92)81(7)41-60(93)85(11)56(37-47-21-16-15-17-22-47)68(99)82(8)39-57(90)77-52(27-25-48-24-26-50(51(73)36-48)72(74,75)76)67(98)89-30-20-23-54(89)64(95)80-71(28-18-19-29-71)70(101)86(12)62(46(6)14-2)65(96)78-53(38-58(91)84(10)55(35-44(3)4)63(94)79-61)66(97)88-33-31-87(32-34-88)49-42-102-43-49/h24,26,36,44-47,49,52-56,61-62H,13-23,25,27-35,37-43H2,1-12H3,(H,77,90)(H,78,96)(H,79,94)(H,80,95)/t45-,46-,52-,53-,54-,55-,56-,61?,62-/m0/s1.